The fourth-order valence-corrected chi connectivity index (χ4v) is 3.00. The number of aromatic nitrogens is 3. The van der Waals surface area contributed by atoms with Gasteiger partial charge in [-0.15, -0.1) is 10.2 Å². The number of hydrogen-bond acceptors (Lipinski definition) is 5. The summed E-state index contributed by atoms with van der Waals surface area (Å²) in [5.41, 5.74) is 2.49. The molecule has 0 bridgehead atoms. The van der Waals surface area contributed by atoms with Crippen LogP contribution in [0.3, 0.4) is 0 Å². The van der Waals surface area contributed by atoms with Crippen LogP contribution in [0.1, 0.15) is 11.3 Å². The van der Waals surface area contributed by atoms with Gasteiger partial charge in [-0.3, -0.25) is 9.78 Å². The van der Waals surface area contributed by atoms with Crippen molar-refractivity contribution in [2.24, 2.45) is 10.2 Å². The van der Waals surface area contributed by atoms with Gasteiger partial charge in [0.05, 0.1) is 12.1 Å². The molecular weight excluding hydrogens is 342 g/mol. The van der Waals surface area contributed by atoms with E-state index in [2.05, 4.69) is 20.2 Å². The largest absolute Gasteiger partial charge is 0.493 e. The lowest BCUT2D eigenvalue weighted by molar-refractivity contribution is 0.429. The number of para-hydroxylation sites is 1. The molecule has 0 aliphatic rings. The number of nitrogens with zero attached hydrogens (tertiary/aromatic N) is 4. The molecule has 4 rings (SSSR count). The summed E-state index contributed by atoms with van der Waals surface area (Å²) in [6, 6.07) is 18.8. The molecule has 0 unspecified atom stereocenters. The zero-order valence-electron chi connectivity index (χ0n) is 14.6. The highest BCUT2D eigenvalue weighted by Gasteiger charge is 2.16. The van der Waals surface area contributed by atoms with Crippen LogP contribution in [-0.4, -0.2) is 19.6 Å². The highest BCUT2D eigenvalue weighted by molar-refractivity contribution is 5.95. The molecule has 0 radical (unpaired) electrons. The summed E-state index contributed by atoms with van der Waals surface area (Å²) in [7, 11) is 0. The van der Waals surface area contributed by atoms with Gasteiger partial charge < -0.3 is 9.67 Å². The van der Waals surface area contributed by atoms with Crippen molar-refractivity contribution in [2.75, 3.05) is 0 Å². The number of aromatic amines is 1. The molecule has 0 spiro atoms. The van der Waals surface area contributed by atoms with Crippen molar-refractivity contribution in [3.05, 3.63) is 82.3 Å². The molecule has 0 atom stereocenters. The molecule has 0 fully saturated rings. The first-order valence-corrected chi connectivity index (χ1v) is 8.45. The van der Waals surface area contributed by atoms with E-state index in [-0.39, 0.29) is 17.4 Å². The van der Waals surface area contributed by atoms with Gasteiger partial charge in [0, 0.05) is 17.1 Å². The Balaban J connectivity index is 1.80. The van der Waals surface area contributed by atoms with Crippen LogP contribution in [0.5, 0.6) is 5.88 Å². The molecule has 2 aromatic carbocycles. The van der Waals surface area contributed by atoms with Crippen LogP contribution >= 0.6 is 0 Å². The number of benzene rings is 2. The molecule has 2 N–H and O–H groups in total. The number of fused-ring (bicyclic) bond motifs is 1. The zero-order valence-corrected chi connectivity index (χ0v) is 14.6. The first-order valence-electron chi connectivity index (χ1n) is 8.45. The lowest BCUT2D eigenvalue weighted by atomic mass is 10.2. The molecule has 4 aromatic rings. The highest BCUT2D eigenvalue weighted by Crippen LogP contribution is 2.39. The second-order valence-electron chi connectivity index (χ2n) is 6.17. The van der Waals surface area contributed by atoms with E-state index >= 15 is 0 Å². The van der Waals surface area contributed by atoms with Gasteiger partial charge in [0.15, 0.2) is 5.69 Å². The summed E-state index contributed by atoms with van der Waals surface area (Å²) in [6.07, 6.45) is 0. The Hall–Kier alpha value is -3.74. The molecule has 7 heteroatoms. The predicted octanol–water partition coefficient (Wildman–Crippen LogP) is 4.20. The van der Waals surface area contributed by atoms with E-state index in [0.29, 0.717) is 17.9 Å². The van der Waals surface area contributed by atoms with Gasteiger partial charge in [-0.2, -0.15) is 0 Å². The van der Waals surface area contributed by atoms with E-state index in [1.165, 1.54) is 6.07 Å². The quantitative estimate of drug-likeness (QED) is 0.534. The fourth-order valence-electron chi connectivity index (χ4n) is 3.00. The van der Waals surface area contributed by atoms with Gasteiger partial charge in [0.2, 0.25) is 11.8 Å². The molecular formula is C20H17N5O2. The molecule has 134 valence electrons. The molecule has 0 amide bonds. The number of aryl methyl sites for hydroxylation is 1. The van der Waals surface area contributed by atoms with Crippen LogP contribution in [0, 0.1) is 6.92 Å². The minimum absolute atomic E-state index is 0.0128. The van der Waals surface area contributed by atoms with Crippen molar-refractivity contribution in [3.8, 4) is 5.88 Å². The Labute approximate surface area is 154 Å². The van der Waals surface area contributed by atoms with Crippen molar-refractivity contribution >= 4 is 22.5 Å². The number of azo groups is 1. The van der Waals surface area contributed by atoms with Gasteiger partial charge >= 0.3 is 0 Å². The summed E-state index contributed by atoms with van der Waals surface area (Å²) < 4.78 is 1.78. The first-order chi connectivity index (χ1) is 13.1. The van der Waals surface area contributed by atoms with Crippen molar-refractivity contribution in [1.29, 1.82) is 0 Å². The van der Waals surface area contributed by atoms with Crippen molar-refractivity contribution in [1.82, 2.24) is 14.5 Å². The Bertz CT molecular complexity index is 1190. The van der Waals surface area contributed by atoms with Crippen LogP contribution in [-0.2, 0) is 6.54 Å². The number of H-pyrrole nitrogens is 1. The standard InChI is InChI=1S/C20H17N5O2/c1-13-11-17(26)22-20(21-13)24-23-18-15-9-5-6-10-16(15)25(19(18)27)12-14-7-3-2-4-8-14/h2-11,27H,12H2,1H3,(H,21,22,26). The third-order valence-corrected chi connectivity index (χ3v) is 4.20. The highest BCUT2D eigenvalue weighted by atomic mass is 16.3. The third-order valence-electron chi connectivity index (χ3n) is 4.20. The van der Waals surface area contributed by atoms with Crippen LogP contribution < -0.4 is 5.56 Å². The molecule has 0 saturated carbocycles. The SMILES string of the molecule is Cc1cc(=O)[nH]c(N=Nc2c(O)n(Cc3ccccc3)c3ccccc23)n1. The average Bonchev–Trinajstić information content (AvgIpc) is 2.92. The minimum Gasteiger partial charge on any atom is -0.493 e. The Kier molecular flexibility index (Phi) is 4.25. The van der Waals surface area contributed by atoms with E-state index in [9.17, 15) is 9.90 Å². The summed E-state index contributed by atoms with van der Waals surface area (Å²) in [6.45, 7) is 2.21. The van der Waals surface area contributed by atoms with Gasteiger partial charge in [0.25, 0.3) is 5.56 Å². The Morgan fingerprint density at radius 2 is 1.81 bits per heavy atom. The first kappa shape index (κ1) is 16.7. The average molecular weight is 359 g/mol. The molecule has 0 saturated heterocycles. The number of aromatic hydroxyl groups is 1. The molecule has 0 aliphatic carbocycles. The van der Waals surface area contributed by atoms with Crippen LogP contribution in [0.25, 0.3) is 10.9 Å². The lowest BCUT2D eigenvalue weighted by Crippen LogP contribution is -2.05. The number of nitrogens with one attached hydrogen (secondary N) is 1. The van der Waals surface area contributed by atoms with Gasteiger partial charge in [0.1, 0.15) is 0 Å². The third kappa shape index (κ3) is 3.35. The van der Waals surface area contributed by atoms with Gasteiger partial charge in [-0.1, -0.05) is 48.5 Å². The normalized spacial score (nSPS) is 11.4. The summed E-state index contributed by atoms with van der Waals surface area (Å²) >= 11 is 0. The monoisotopic (exact) mass is 359 g/mol. The smallest absolute Gasteiger partial charge is 0.252 e. The van der Waals surface area contributed by atoms with E-state index in [1.54, 1.807) is 11.5 Å². The maximum Gasteiger partial charge on any atom is 0.252 e. The Morgan fingerprint density at radius 1 is 1.07 bits per heavy atom. The fraction of sp³-hybridized carbons (Fsp3) is 0.100. The summed E-state index contributed by atoms with van der Waals surface area (Å²) in [5, 5.41) is 19.7. The number of rotatable bonds is 4. The van der Waals surface area contributed by atoms with Crippen LogP contribution in [0.2, 0.25) is 0 Å². The van der Waals surface area contributed by atoms with E-state index in [4.69, 9.17) is 0 Å². The molecule has 27 heavy (non-hydrogen) atoms. The molecule has 2 heterocycles. The molecule has 2 aromatic heterocycles. The van der Waals surface area contributed by atoms with Crippen molar-refractivity contribution in [2.45, 2.75) is 13.5 Å². The predicted molar refractivity (Wildman–Crippen MR) is 103 cm³/mol. The molecule has 7 nitrogen and oxygen atoms in total. The maximum atomic E-state index is 11.6. The number of hydrogen-bond donors (Lipinski definition) is 2. The van der Waals surface area contributed by atoms with Gasteiger partial charge in [-0.25, -0.2) is 4.98 Å². The van der Waals surface area contributed by atoms with Crippen LogP contribution in [0.15, 0.2) is 75.7 Å². The zero-order chi connectivity index (χ0) is 18.8. The lowest BCUT2D eigenvalue weighted by Gasteiger charge is -2.06. The maximum absolute atomic E-state index is 11.6. The van der Waals surface area contributed by atoms with Crippen molar-refractivity contribution < 1.29 is 5.11 Å². The van der Waals surface area contributed by atoms with E-state index < -0.39 is 0 Å². The Morgan fingerprint density at radius 3 is 2.59 bits per heavy atom. The van der Waals surface area contributed by atoms with Crippen molar-refractivity contribution in [3.63, 3.8) is 0 Å². The van der Waals surface area contributed by atoms with E-state index in [0.717, 1.165) is 16.5 Å². The summed E-state index contributed by atoms with van der Waals surface area (Å²) in [5.74, 6) is 0.109. The topological polar surface area (TPSA) is 95.6 Å². The second kappa shape index (κ2) is 6.87. The van der Waals surface area contributed by atoms with Crippen LogP contribution in [0.4, 0.5) is 11.6 Å². The minimum atomic E-state index is -0.299. The second-order valence-corrected chi connectivity index (χ2v) is 6.17. The molecule has 0 aliphatic heterocycles. The van der Waals surface area contributed by atoms with E-state index in [1.807, 2.05) is 54.6 Å². The summed E-state index contributed by atoms with van der Waals surface area (Å²) in [4.78, 5) is 18.2. The van der Waals surface area contributed by atoms with Gasteiger partial charge in [-0.05, 0) is 18.6 Å².